The molecule has 1 aromatic carbocycles. The van der Waals surface area contributed by atoms with E-state index in [1.807, 2.05) is 43.5 Å². The molecule has 2 amide bonds. The Morgan fingerprint density at radius 3 is 2.77 bits per heavy atom. The maximum absolute atomic E-state index is 12.6. The van der Waals surface area contributed by atoms with Gasteiger partial charge in [-0.25, -0.2) is 4.98 Å². The van der Waals surface area contributed by atoms with Crippen molar-refractivity contribution in [2.75, 3.05) is 17.6 Å². The second kappa shape index (κ2) is 10.8. The number of nitriles is 1. The van der Waals surface area contributed by atoms with Crippen LogP contribution in [0.15, 0.2) is 54.5 Å². The molecule has 1 aliphatic carbocycles. The van der Waals surface area contributed by atoms with Crippen molar-refractivity contribution in [1.29, 1.82) is 5.26 Å². The monoisotopic (exact) mass is 468 g/mol. The van der Waals surface area contributed by atoms with Crippen LogP contribution in [0, 0.1) is 24.2 Å². The topological polar surface area (TPSA) is 134 Å². The number of hydrogen-bond acceptors (Lipinski definition) is 6. The number of carbonyl (C=O) groups excluding carboxylic acids is 2. The molecule has 0 radical (unpaired) electrons. The van der Waals surface area contributed by atoms with Gasteiger partial charge in [-0.05, 0) is 73.4 Å². The summed E-state index contributed by atoms with van der Waals surface area (Å²) in [6.45, 7) is 2.41. The Bertz CT molecular complexity index is 1330. The van der Waals surface area contributed by atoms with Crippen LogP contribution in [0.2, 0.25) is 0 Å². The number of rotatable bonds is 6. The zero-order valence-corrected chi connectivity index (χ0v) is 19.7. The summed E-state index contributed by atoms with van der Waals surface area (Å²) in [6.07, 6.45) is 9.94. The number of aryl methyl sites for hydroxylation is 1. The molecule has 178 valence electrons. The molecule has 1 fully saturated rings. The van der Waals surface area contributed by atoms with Gasteiger partial charge in [0.2, 0.25) is 11.8 Å². The highest BCUT2D eigenvalue weighted by molar-refractivity contribution is 6.02. The van der Waals surface area contributed by atoms with Crippen molar-refractivity contribution in [3.8, 4) is 17.2 Å². The Balaban J connectivity index is 1.43. The fourth-order valence-electron chi connectivity index (χ4n) is 4.40. The first-order valence-corrected chi connectivity index (χ1v) is 11.7. The molecule has 0 bridgehead atoms. The second-order valence-corrected chi connectivity index (χ2v) is 8.81. The lowest BCUT2D eigenvalue weighted by molar-refractivity contribution is -0.125. The number of fused-ring (bicyclic) bond motifs is 1. The number of amides is 2. The predicted octanol–water partition coefficient (Wildman–Crippen LogP) is 4.27. The first-order valence-electron chi connectivity index (χ1n) is 11.7. The third-order valence-electron chi connectivity index (χ3n) is 6.34. The standard InChI is InChI=1S/C27H28N6O2/c1-17-7-10-30-15-22(17)20-12-21-14-25(32-16-23(21)24(29)13-20)33-26(34)11-18-3-5-19(6-4-18)27(35)31-9-2-8-28/h7,10-16,19H,2-6,9,29H2,1H3,(H,31,35)(H,32,33,34). The lowest BCUT2D eigenvalue weighted by Gasteiger charge is -2.23. The molecule has 0 atom stereocenters. The van der Waals surface area contributed by atoms with Crippen LogP contribution in [-0.2, 0) is 9.59 Å². The fraction of sp³-hybridized carbons (Fsp3) is 0.296. The number of nitrogens with one attached hydrogen (secondary N) is 2. The summed E-state index contributed by atoms with van der Waals surface area (Å²) in [5.41, 5.74) is 11.0. The quantitative estimate of drug-likeness (QED) is 0.281. The predicted molar refractivity (Wildman–Crippen MR) is 136 cm³/mol. The van der Waals surface area contributed by atoms with Crippen molar-refractivity contribution in [3.05, 3.63) is 60.1 Å². The van der Waals surface area contributed by atoms with E-state index in [2.05, 4.69) is 20.6 Å². The van der Waals surface area contributed by atoms with Crippen molar-refractivity contribution in [1.82, 2.24) is 15.3 Å². The maximum atomic E-state index is 12.6. The van der Waals surface area contributed by atoms with Gasteiger partial charge in [-0.1, -0.05) is 5.57 Å². The number of benzene rings is 1. The zero-order chi connectivity index (χ0) is 24.8. The molecule has 0 spiro atoms. The van der Waals surface area contributed by atoms with Crippen molar-refractivity contribution in [3.63, 3.8) is 0 Å². The average Bonchev–Trinajstić information content (AvgIpc) is 2.84. The fourth-order valence-corrected chi connectivity index (χ4v) is 4.40. The Morgan fingerprint density at radius 1 is 1.23 bits per heavy atom. The van der Waals surface area contributed by atoms with Gasteiger partial charge in [-0.3, -0.25) is 14.6 Å². The highest BCUT2D eigenvalue weighted by atomic mass is 16.2. The van der Waals surface area contributed by atoms with E-state index in [9.17, 15) is 9.59 Å². The summed E-state index contributed by atoms with van der Waals surface area (Å²) in [6, 6.07) is 9.73. The number of carbonyl (C=O) groups is 2. The number of nitrogens with two attached hydrogens (primary N) is 1. The summed E-state index contributed by atoms with van der Waals surface area (Å²) >= 11 is 0. The van der Waals surface area contributed by atoms with Gasteiger partial charge in [0.15, 0.2) is 0 Å². The highest BCUT2D eigenvalue weighted by Gasteiger charge is 2.23. The molecule has 4 N–H and O–H groups in total. The molecule has 8 heteroatoms. The minimum absolute atomic E-state index is 0.00997. The van der Waals surface area contributed by atoms with Crippen LogP contribution < -0.4 is 16.4 Å². The Labute approximate surface area is 204 Å². The van der Waals surface area contributed by atoms with Gasteiger partial charge >= 0.3 is 0 Å². The van der Waals surface area contributed by atoms with Crippen LogP contribution >= 0.6 is 0 Å². The number of aromatic nitrogens is 2. The summed E-state index contributed by atoms with van der Waals surface area (Å²) in [7, 11) is 0. The number of allylic oxidation sites excluding steroid dienone is 1. The minimum atomic E-state index is -0.240. The number of pyridine rings is 2. The summed E-state index contributed by atoms with van der Waals surface area (Å²) in [5, 5.41) is 15.9. The molecule has 0 saturated heterocycles. The van der Waals surface area contributed by atoms with Crippen LogP contribution in [0.1, 0.15) is 37.7 Å². The van der Waals surface area contributed by atoms with Gasteiger partial charge in [-0.15, -0.1) is 0 Å². The zero-order valence-electron chi connectivity index (χ0n) is 19.7. The van der Waals surface area contributed by atoms with E-state index in [0.717, 1.165) is 33.0 Å². The Hall–Kier alpha value is -4.25. The smallest absolute Gasteiger partial charge is 0.249 e. The molecular formula is C27H28N6O2. The first-order chi connectivity index (χ1) is 16.9. The van der Waals surface area contributed by atoms with Gasteiger partial charge < -0.3 is 16.4 Å². The van der Waals surface area contributed by atoms with E-state index >= 15 is 0 Å². The first kappa shape index (κ1) is 23.9. The molecule has 35 heavy (non-hydrogen) atoms. The van der Waals surface area contributed by atoms with Crippen LogP contribution in [0.4, 0.5) is 11.5 Å². The van der Waals surface area contributed by atoms with E-state index in [1.54, 1.807) is 18.5 Å². The van der Waals surface area contributed by atoms with E-state index in [4.69, 9.17) is 11.0 Å². The van der Waals surface area contributed by atoms with E-state index in [0.29, 0.717) is 50.2 Å². The minimum Gasteiger partial charge on any atom is -0.398 e. The van der Waals surface area contributed by atoms with Crippen molar-refractivity contribution in [2.45, 2.75) is 39.0 Å². The van der Waals surface area contributed by atoms with Crippen molar-refractivity contribution < 1.29 is 9.59 Å². The number of nitrogens with zero attached hydrogens (tertiary/aromatic N) is 3. The second-order valence-electron chi connectivity index (χ2n) is 8.81. The van der Waals surface area contributed by atoms with Crippen molar-refractivity contribution >= 4 is 34.1 Å². The molecular weight excluding hydrogens is 440 g/mol. The molecule has 3 aromatic rings. The van der Waals surface area contributed by atoms with Gasteiger partial charge in [-0.2, -0.15) is 5.26 Å². The van der Waals surface area contributed by atoms with Crippen molar-refractivity contribution in [2.24, 2.45) is 5.92 Å². The van der Waals surface area contributed by atoms with Gasteiger partial charge in [0, 0.05) is 53.8 Å². The lowest BCUT2D eigenvalue weighted by atomic mass is 9.85. The molecule has 4 rings (SSSR count). The molecule has 8 nitrogen and oxygen atoms in total. The van der Waals surface area contributed by atoms with E-state index < -0.39 is 0 Å². The third kappa shape index (κ3) is 5.82. The van der Waals surface area contributed by atoms with Crippen LogP contribution in [0.3, 0.4) is 0 Å². The van der Waals surface area contributed by atoms with Crippen LogP contribution in [-0.4, -0.2) is 28.3 Å². The maximum Gasteiger partial charge on any atom is 0.249 e. The highest BCUT2D eigenvalue weighted by Crippen LogP contribution is 2.32. The van der Waals surface area contributed by atoms with Crippen LogP contribution in [0.25, 0.3) is 21.9 Å². The normalized spacial score (nSPS) is 15.3. The summed E-state index contributed by atoms with van der Waals surface area (Å²) in [5.74, 6) is 0.128. The number of nitrogen functional groups attached to an aromatic ring is 1. The lowest BCUT2D eigenvalue weighted by Crippen LogP contribution is -2.32. The van der Waals surface area contributed by atoms with E-state index in [1.165, 1.54) is 0 Å². The van der Waals surface area contributed by atoms with Gasteiger partial charge in [0.05, 0.1) is 12.5 Å². The largest absolute Gasteiger partial charge is 0.398 e. The average molecular weight is 469 g/mol. The molecule has 1 aliphatic rings. The van der Waals surface area contributed by atoms with Gasteiger partial charge in [0.1, 0.15) is 5.82 Å². The Kier molecular flexibility index (Phi) is 7.36. The number of anilines is 2. The SMILES string of the molecule is Cc1ccncc1-c1cc(N)c2cnc(NC(=O)C=C3CCC(C(=O)NCCC#N)CC3)cc2c1. The van der Waals surface area contributed by atoms with E-state index in [-0.39, 0.29) is 17.7 Å². The molecule has 0 aliphatic heterocycles. The molecule has 2 aromatic heterocycles. The molecule has 1 saturated carbocycles. The third-order valence-corrected chi connectivity index (χ3v) is 6.34. The summed E-state index contributed by atoms with van der Waals surface area (Å²) < 4.78 is 0. The Morgan fingerprint density at radius 2 is 2.03 bits per heavy atom. The summed E-state index contributed by atoms with van der Waals surface area (Å²) in [4.78, 5) is 33.4. The van der Waals surface area contributed by atoms with Gasteiger partial charge in [0.25, 0.3) is 0 Å². The number of hydrogen-bond donors (Lipinski definition) is 3. The molecule has 0 unspecified atom stereocenters. The molecule has 2 heterocycles. The van der Waals surface area contributed by atoms with Crippen LogP contribution in [0.5, 0.6) is 0 Å².